The van der Waals surface area contributed by atoms with Crippen LogP contribution in [0.3, 0.4) is 0 Å². The van der Waals surface area contributed by atoms with Crippen LogP contribution in [0, 0.1) is 0 Å². The van der Waals surface area contributed by atoms with E-state index >= 15 is 0 Å². The van der Waals surface area contributed by atoms with Crippen molar-refractivity contribution >= 4 is 33.5 Å². The third kappa shape index (κ3) is 3.37. The maximum Gasteiger partial charge on any atom is 0.255 e. The van der Waals surface area contributed by atoms with Crippen molar-refractivity contribution in [2.24, 2.45) is 0 Å². The second kappa shape index (κ2) is 7.37. The monoisotopic (exact) mass is 394 g/mol. The molecule has 0 bridgehead atoms. The molecule has 0 aliphatic carbocycles. The van der Waals surface area contributed by atoms with E-state index in [4.69, 9.17) is 9.15 Å². The highest BCUT2D eigenvalue weighted by Crippen LogP contribution is 2.28. The van der Waals surface area contributed by atoms with Crippen LogP contribution in [0.15, 0.2) is 89.3 Å². The zero-order valence-electron chi connectivity index (χ0n) is 16.3. The molecule has 5 aromatic rings. The Kier molecular flexibility index (Phi) is 4.41. The topological polar surface area (TPSA) is 64.4 Å². The van der Waals surface area contributed by atoms with E-state index in [1.54, 1.807) is 43.5 Å². The van der Waals surface area contributed by atoms with Gasteiger partial charge in [-0.15, -0.1) is 0 Å². The maximum absolute atomic E-state index is 12.6. The van der Waals surface area contributed by atoms with E-state index in [0.717, 1.165) is 10.9 Å². The van der Waals surface area contributed by atoms with Crippen molar-refractivity contribution in [1.29, 1.82) is 0 Å². The molecule has 5 rings (SSSR count). The number of nitrogens with zero attached hydrogens (tertiary/aromatic N) is 1. The van der Waals surface area contributed by atoms with Gasteiger partial charge in [0.2, 0.25) is 5.89 Å². The normalized spacial score (nSPS) is 11.0. The zero-order chi connectivity index (χ0) is 20.5. The molecule has 5 nitrogen and oxygen atoms in total. The summed E-state index contributed by atoms with van der Waals surface area (Å²) in [5, 5.41) is 5.19. The molecular formula is C25H18N2O3. The molecule has 1 heterocycles. The van der Waals surface area contributed by atoms with E-state index in [1.165, 1.54) is 5.39 Å². The lowest BCUT2D eigenvalue weighted by Crippen LogP contribution is -2.11. The van der Waals surface area contributed by atoms with E-state index in [2.05, 4.69) is 34.6 Å². The van der Waals surface area contributed by atoms with E-state index in [0.29, 0.717) is 34.0 Å². The number of hydrogen-bond acceptors (Lipinski definition) is 4. The Morgan fingerprint density at radius 2 is 1.77 bits per heavy atom. The third-order valence-corrected chi connectivity index (χ3v) is 4.97. The number of benzene rings is 4. The molecule has 0 aliphatic heterocycles. The van der Waals surface area contributed by atoms with Crippen LogP contribution in [-0.4, -0.2) is 18.0 Å². The maximum atomic E-state index is 12.6. The number of aromatic nitrogens is 1. The second-order valence-corrected chi connectivity index (χ2v) is 6.95. The minimum Gasteiger partial charge on any atom is -0.497 e. The smallest absolute Gasteiger partial charge is 0.255 e. The number of oxazole rings is 1. The molecule has 4 aromatic carbocycles. The molecule has 0 aliphatic rings. The molecule has 0 unspecified atom stereocenters. The van der Waals surface area contributed by atoms with Gasteiger partial charge in [-0.05, 0) is 59.3 Å². The van der Waals surface area contributed by atoms with Gasteiger partial charge < -0.3 is 14.5 Å². The van der Waals surface area contributed by atoms with Crippen molar-refractivity contribution < 1.29 is 13.9 Å². The predicted molar refractivity (Wildman–Crippen MR) is 118 cm³/mol. The number of hydrogen-bond donors (Lipinski definition) is 1. The number of anilines is 1. The molecule has 0 radical (unpaired) electrons. The van der Waals surface area contributed by atoms with Gasteiger partial charge in [-0.3, -0.25) is 4.79 Å². The fourth-order valence-electron chi connectivity index (χ4n) is 3.42. The van der Waals surface area contributed by atoms with Crippen LogP contribution in [0.1, 0.15) is 10.4 Å². The number of methoxy groups -OCH3 is 1. The molecular weight excluding hydrogens is 376 g/mol. The summed E-state index contributed by atoms with van der Waals surface area (Å²) in [5.74, 6) is 0.966. The van der Waals surface area contributed by atoms with Gasteiger partial charge in [0.15, 0.2) is 5.58 Å². The van der Waals surface area contributed by atoms with E-state index in [9.17, 15) is 4.79 Å². The first-order chi connectivity index (χ1) is 14.7. The molecule has 5 heteroatoms. The summed E-state index contributed by atoms with van der Waals surface area (Å²) < 4.78 is 11.1. The lowest BCUT2D eigenvalue weighted by Gasteiger charge is -2.06. The Bertz CT molecular complexity index is 1390. The molecule has 0 saturated heterocycles. The van der Waals surface area contributed by atoms with Gasteiger partial charge >= 0.3 is 0 Å². The summed E-state index contributed by atoms with van der Waals surface area (Å²) in [6, 6.07) is 26.7. The summed E-state index contributed by atoms with van der Waals surface area (Å²) in [4.78, 5) is 17.2. The Hall–Kier alpha value is -4.12. The summed E-state index contributed by atoms with van der Waals surface area (Å²) in [6.45, 7) is 0. The van der Waals surface area contributed by atoms with Gasteiger partial charge in [0.25, 0.3) is 5.91 Å². The first-order valence-electron chi connectivity index (χ1n) is 9.55. The number of carbonyl (C=O) groups is 1. The van der Waals surface area contributed by atoms with Gasteiger partial charge in [-0.2, -0.15) is 0 Å². The molecule has 146 valence electrons. The predicted octanol–water partition coefficient (Wildman–Crippen LogP) is 5.91. The fraction of sp³-hybridized carbons (Fsp3) is 0.0400. The summed E-state index contributed by atoms with van der Waals surface area (Å²) in [6.07, 6.45) is 0. The Morgan fingerprint density at radius 3 is 2.63 bits per heavy atom. The lowest BCUT2D eigenvalue weighted by atomic mass is 10.1. The molecule has 0 fully saturated rings. The molecule has 1 amide bonds. The van der Waals surface area contributed by atoms with Crippen LogP contribution in [0.4, 0.5) is 5.69 Å². The number of amides is 1. The first-order valence-corrected chi connectivity index (χ1v) is 9.55. The lowest BCUT2D eigenvalue weighted by molar-refractivity contribution is 0.102. The van der Waals surface area contributed by atoms with Crippen LogP contribution >= 0.6 is 0 Å². The molecule has 0 saturated carbocycles. The second-order valence-electron chi connectivity index (χ2n) is 6.95. The number of ether oxygens (including phenoxy) is 1. The van der Waals surface area contributed by atoms with Crippen molar-refractivity contribution in [3.05, 3.63) is 90.5 Å². The standard InChI is InChI=1S/C25H18N2O3/c1-29-21-8-4-7-18(14-21)24(28)26-20-11-12-23-22(15-20)27-25(30-23)19-10-9-16-5-2-3-6-17(16)13-19/h2-15H,1H3,(H,26,28). The SMILES string of the molecule is COc1cccc(C(=O)Nc2ccc3oc(-c4ccc5ccccc5c4)nc3c2)c1. The van der Waals surface area contributed by atoms with Crippen molar-refractivity contribution in [3.8, 4) is 17.2 Å². The largest absolute Gasteiger partial charge is 0.497 e. The van der Waals surface area contributed by atoms with Gasteiger partial charge in [0, 0.05) is 16.8 Å². The van der Waals surface area contributed by atoms with Gasteiger partial charge in [0.05, 0.1) is 7.11 Å². The van der Waals surface area contributed by atoms with E-state index in [1.807, 2.05) is 24.3 Å². The molecule has 30 heavy (non-hydrogen) atoms. The van der Waals surface area contributed by atoms with Gasteiger partial charge in [0.1, 0.15) is 11.3 Å². The zero-order valence-corrected chi connectivity index (χ0v) is 16.3. The minimum atomic E-state index is -0.216. The van der Waals surface area contributed by atoms with Crippen molar-refractivity contribution in [3.63, 3.8) is 0 Å². The van der Waals surface area contributed by atoms with Crippen LogP contribution in [0.25, 0.3) is 33.3 Å². The van der Waals surface area contributed by atoms with Crippen LogP contribution in [-0.2, 0) is 0 Å². The number of nitrogens with one attached hydrogen (secondary N) is 1. The summed E-state index contributed by atoms with van der Waals surface area (Å²) in [5.41, 5.74) is 3.42. The highest BCUT2D eigenvalue weighted by molar-refractivity contribution is 6.05. The van der Waals surface area contributed by atoms with E-state index in [-0.39, 0.29) is 5.91 Å². The van der Waals surface area contributed by atoms with Crippen molar-refractivity contribution in [2.75, 3.05) is 12.4 Å². The van der Waals surface area contributed by atoms with Crippen molar-refractivity contribution in [2.45, 2.75) is 0 Å². The number of fused-ring (bicyclic) bond motifs is 2. The molecule has 0 spiro atoms. The summed E-state index contributed by atoms with van der Waals surface area (Å²) >= 11 is 0. The quantitative estimate of drug-likeness (QED) is 0.412. The number of carbonyl (C=O) groups excluding carboxylic acids is 1. The number of rotatable bonds is 4. The highest BCUT2D eigenvalue weighted by atomic mass is 16.5. The molecule has 0 atom stereocenters. The van der Waals surface area contributed by atoms with E-state index < -0.39 is 0 Å². The highest BCUT2D eigenvalue weighted by Gasteiger charge is 2.12. The Labute approximate surface area is 172 Å². The molecule has 1 aromatic heterocycles. The third-order valence-electron chi connectivity index (χ3n) is 4.97. The van der Waals surface area contributed by atoms with Gasteiger partial charge in [-0.25, -0.2) is 4.98 Å². The van der Waals surface area contributed by atoms with Crippen LogP contribution in [0.5, 0.6) is 5.75 Å². The minimum absolute atomic E-state index is 0.216. The Balaban J connectivity index is 1.44. The average molecular weight is 394 g/mol. The van der Waals surface area contributed by atoms with Crippen molar-refractivity contribution in [1.82, 2.24) is 4.98 Å². The van der Waals surface area contributed by atoms with Crippen LogP contribution in [0.2, 0.25) is 0 Å². The molecule has 1 N–H and O–H groups in total. The fourth-order valence-corrected chi connectivity index (χ4v) is 3.42. The Morgan fingerprint density at radius 1 is 0.900 bits per heavy atom. The summed E-state index contributed by atoms with van der Waals surface area (Å²) in [7, 11) is 1.57. The van der Waals surface area contributed by atoms with Crippen LogP contribution < -0.4 is 10.1 Å². The van der Waals surface area contributed by atoms with Gasteiger partial charge in [-0.1, -0.05) is 36.4 Å². The first kappa shape index (κ1) is 17.9. The average Bonchev–Trinajstić information content (AvgIpc) is 3.22.